The van der Waals surface area contributed by atoms with Crippen LogP contribution in [0, 0.1) is 0 Å². The highest BCUT2D eigenvalue weighted by molar-refractivity contribution is 5.74. The summed E-state index contributed by atoms with van der Waals surface area (Å²) >= 11 is 0. The van der Waals surface area contributed by atoms with Gasteiger partial charge < -0.3 is 15.4 Å². The quantitative estimate of drug-likeness (QED) is 0.793. The molecule has 2 saturated heterocycles. The summed E-state index contributed by atoms with van der Waals surface area (Å²) in [5, 5.41) is 6.30. The van der Waals surface area contributed by atoms with Crippen LogP contribution in [0.2, 0.25) is 0 Å². The molecule has 0 spiro atoms. The molecule has 6 heteroatoms. The Labute approximate surface area is 139 Å². The van der Waals surface area contributed by atoms with E-state index in [4.69, 9.17) is 4.74 Å². The van der Waals surface area contributed by atoms with Gasteiger partial charge in [-0.1, -0.05) is 0 Å². The van der Waals surface area contributed by atoms with Crippen molar-refractivity contribution in [3.8, 4) is 0 Å². The zero-order valence-electron chi connectivity index (χ0n) is 14.8. The van der Waals surface area contributed by atoms with Crippen LogP contribution in [0.5, 0.6) is 0 Å². The Bertz CT molecular complexity index is 409. The second-order valence-electron chi connectivity index (χ2n) is 7.51. The summed E-state index contributed by atoms with van der Waals surface area (Å²) in [6, 6.07) is 2.10. The number of hydrogen-bond donors (Lipinski definition) is 2. The molecule has 1 saturated carbocycles. The molecule has 3 aliphatic rings. The van der Waals surface area contributed by atoms with Crippen molar-refractivity contribution in [1.82, 2.24) is 20.4 Å². The van der Waals surface area contributed by atoms with E-state index in [1.54, 1.807) is 0 Å². The molecule has 3 rings (SSSR count). The van der Waals surface area contributed by atoms with Gasteiger partial charge in [-0.25, -0.2) is 4.79 Å². The Kier molecular flexibility index (Phi) is 5.44. The van der Waals surface area contributed by atoms with E-state index in [0.29, 0.717) is 12.1 Å². The molecule has 3 fully saturated rings. The standard InChI is InChI=1S/C17H32N4O2/c1-12-10-15(11-21(12)16-4-5-16)19-17(22)18-13(2)14(3)20-6-8-23-9-7-20/h12-16H,4-11H2,1-3H3,(H2,18,19,22). The summed E-state index contributed by atoms with van der Waals surface area (Å²) in [5.41, 5.74) is 0. The smallest absolute Gasteiger partial charge is 0.315 e. The molecule has 0 aromatic heterocycles. The Morgan fingerprint density at radius 1 is 1.22 bits per heavy atom. The van der Waals surface area contributed by atoms with Gasteiger partial charge in [-0.2, -0.15) is 0 Å². The van der Waals surface area contributed by atoms with Crippen LogP contribution < -0.4 is 10.6 Å². The highest BCUT2D eigenvalue weighted by Gasteiger charge is 2.39. The van der Waals surface area contributed by atoms with Gasteiger partial charge in [-0.05, 0) is 40.0 Å². The van der Waals surface area contributed by atoms with Crippen LogP contribution in [0.3, 0.4) is 0 Å². The van der Waals surface area contributed by atoms with Crippen molar-refractivity contribution in [3.63, 3.8) is 0 Å². The van der Waals surface area contributed by atoms with Crippen LogP contribution in [-0.2, 0) is 4.74 Å². The van der Waals surface area contributed by atoms with Gasteiger partial charge in [-0.15, -0.1) is 0 Å². The summed E-state index contributed by atoms with van der Waals surface area (Å²) in [6.07, 6.45) is 3.73. The minimum absolute atomic E-state index is 0.0209. The average Bonchev–Trinajstić information content (AvgIpc) is 3.31. The van der Waals surface area contributed by atoms with E-state index in [1.165, 1.54) is 12.8 Å². The number of amides is 2. The Morgan fingerprint density at radius 2 is 1.91 bits per heavy atom. The third kappa shape index (κ3) is 4.37. The molecule has 2 heterocycles. The second kappa shape index (κ2) is 7.36. The van der Waals surface area contributed by atoms with Crippen molar-refractivity contribution in [2.75, 3.05) is 32.8 Å². The van der Waals surface area contributed by atoms with E-state index >= 15 is 0 Å². The Hall–Kier alpha value is -0.850. The van der Waals surface area contributed by atoms with Gasteiger partial charge in [0, 0.05) is 49.8 Å². The molecule has 2 aliphatic heterocycles. The molecule has 1 aliphatic carbocycles. The van der Waals surface area contributed by atoms with Gasteiger partial charge in [0.1, 0.15) is 0 Å². The van der Waals surface area contributed by atoms with Crippen molar-refractivity contribution in [2.24, 2.45) is 0 Å². The maximum absolute atomic E-state index is 12.3. The fourth-order valence-corrected chi connectivity index (χ4v) is 3.93. The zero-order chi connectivity index (χ0) is 16.4. The molecule has 2 N–H and O–H groups in total. The summed E-state index contributed by atoms with van der Waals surface area (Å²) in [5.74, 6) is 0. The van der Waals surface area contributed by atoms with Gasteiger partial charge >= 0.3 is 6.03 Å². The number of ether oxygens (including phenoxy) is 1. The first-order valence-corrected chi connectivity index (χ1v) is 9.19. The first kappa shape index (κ1) is 17.0. The fourth-order valence-electron chi connectivity index (χ4n) is 3.93. The number of urea groups is 1. The third-order valence-electron chi connectivity index (χ3n) is 5.68. The minimum Gasteiger partial charge on any atom is -0.379 e. The highest BCUT2D eigenvalue weighted by Crippen LogP contribution is 2.33. The third-order valence-corrected chi connectivity index (χ3v) is 5.68. The molecule has 4 unspecified atom stereocenters. The van der Waals surface area contributed by atoms with Gasteiger partial charge in [0.2, 0.25) is 0 Å². The average molecular weight is 324 g/mol. The van der Waals surface area contributed by atoms with Crippen LogP contribution in [0.15, 0.2) is 0 Å². The molecule has 2 amide bonds. The first-order valence-electron chi connectivity index (χ1n) is 9.19. The monoisotopic (exact) mass is 324 g/mol. The maximum atomic E-state index is 12.3. The maximum Gasteiger partial charge on any atom is 0.315 e. The van der Waals surface area contributed by atoms with Crippen molar-refractivity contribution < 1.29 is 9.53 Å². The van der Waals surface area contributed by atoms with E-state index in [-0.39, 0.29) is 18.1 Å². The van der Waals surface area contributed by atoms with Crippen molar-refractivity contribution in [1.29, 1.82) is 0 Å². The normalized spacial score (nSPS) is 32.5. The Morgan fingerprint density at radius 3 is 2.57 bits per heavy atom. The number of nitrogens with one attached hydrogen (secondary N) is 2. The van der Waals surface area contributed by atoms with Crippen LogP contribution in [-0.4, -0.2) is 78.9 Å². The number of nitrogens with zero attached hydrogens (tertiary/aromatic N) is 2. The van der Waals surface area contributed by atoms with E-state index < -0.39 is 0 Å². The molecule has 0 radical (unpaired) electrons. The van der Waals surface area contributed by atoms with Crippen LogP contribution >= 0.6 is 0 Å². The molecule has 23 heavy (non-hydrogen) atoms. The lowest BCUT2D eigenvalue weighted by Gasteiger charge is -2.36. The predicted octanol–water partition coefficient (Wildman–Crippen LogP) is 1.02. The molecular weight excluding hydrogens is 292 g/mol. The minimum atomic E-state index is -0.0209. The molecular formula is C17H32N4O2. The zero-order valence-corrected chi connectivity index (χ0v) is 14.8. The summed E-state index contributed by atoms with van der Waals surface area (Å²) < 4.78 is 5.40. The fraction of sp³-hybridized carbons (Fsp3) is 0.941. The molecule has 6 nitrogen and oxygen atoms in total. The van der Waals surface area contributed by atoms with E-state index in [0.717, 1.165) is 45.3 Å². The lowest BCUT2D eigenvalue weighted by molar-refractivity contribution is 0.0144. The first-order chi connectivity index (χ1) is 11.0. The van der Waals surface area contributed by atoms with Gasteiger partial charge in [0.25, 0.3) is 0 Å². The van der Waals surface area contributed by atoms with E-state index in [1.807, 2.05) is 0 Å². The van der Waals surface area contributed by atoms with E-state index in [9.17, 15) is 4.79 Å². The number of carbonyl (C=O) groups excluding carboxylic acids is 1. The largest absolute Gasteiger partial charge is 0.379 e. The Balaban J connectivity index is 1.41. The highest BCUT2D eigenvalue weighted by atomic mass is 16.5. The predicted molar refractivity (Wildman–Crippen MR) is 90.6 cm³/mol. The number of rotatable bonds is 5. The number of likely N-dealkylation sites (tertiary alicyclic amines) is 1. The number of carbonyl (C=O) groups is 1. The topological polar surface area (TPSA) is 56.8 Å². The molecule has 4 atom stereocenters. The summed E-state index contributed by atoms with van der Waals surface area (Å²) in [6.45, 7) is 11.0. The van der Waals surface area contributed by atoms with Gasteiger partial charge in [0.15, 0.2) is 0 Å². The molecule has 132 valence electrons. The van der Waals surface area contributed by atoms with Crippen LogP contribution in [0.25, 0.3) is 0 Å². The van der Waals surface area contributed by atoms with Gasteiger partial charge in [0.05, 0.1) is 13.2 Å². The summed E-state index contributed by atoms with van der Waals surface area (Å²) in [7, 11) is 0. The molecule has 0 bridgehead atoms. The molecule has 0 aromatic rings. The van der Waals surface area contributed by atoms with E-state index in [2.05, 4.69) is 41.2 Å². The van der Waals surface area contributed by atoms with Crippen LogP contribution in [0.1, 0.15) is 40.0 Å². The van der Waals surface area contributed by atoms with Crippen molar-refractivity contribution in [3.05, 3.63) is 0 Å². The number of hydrogen-bond acceptors (Lipinski definition) is 4. The lowest BCUT2D eigenvalue weighted by Crippen LogP contribution is -2.55. The van der Waals surface area contributed by atoms with Crippen molar-refractivity contribution >= 4 is 6.03 Å². The van der Waals surface area contributed by atoms with Crippen molar-refractivity contribution in [2.45, 2.75) is 70.2 Å². The second-order valence-corrected chi connectivity index (χ2v) is 7.51. The molecule has 0 aromatic carbocycles. The number of morpholine rings is 1. The lowest BCUT2D eigenvalue weighted by atomic mass is 10.1. The SMILES string of the molecule is CC(NC(=O)NC1CC(C)N(C2CC2)C1)C(C)N1CCOCC1. The van der Waals surface area contributed by atoms with Gasteiger partial charge in [-0.3, -0.25) is 9.80 Å². The summed E-state index contributed by atoms with van der Waals surface area (Å²) in [4.78, 5) is 17.3. The van der Waals surface area contributed by atoms with Crippen LogP contribution in [0.4, 0.5) is 4.79 Å².